The molecule has 2 unspecified atom stereocenters. The van der Waals surface area contributed by atoms with E-state index in [1.165, 1.54) is 0 Å². The molecule has 1 aliphatic rings. The zero-order valence-electron chi connectivity index (χ0n) is 5.80. The average Bonchev–Trinajstić information content (AvgIpc) is 1.96. The van der Waals surface area contributed by atoms with Gasteiger partial charge in [-0.1, -0.05) is 24.3 Å². The van der Waals surface area contributed by atoms with Gasteiger partial charge in [0.25, 0.3) is 0 Å². The maximum atomic E-state index is 8.45. The molecule has 0 aliphatic heterocycles. The summed E-state index contributed by atoms with van der Waals surface area (Å²) in [6.07, 6.45) is 7.42. The summed E-state index contributed by atoms with van der Waals surface area (Å²) in [6, 6.07) is 2.01. The Morgan fingerprint density at radius 2 is 2.27 bits per heavy atom. The zero-order chi connectivity index (χ0) is 8.32. The molecule has 0 bridgehead atoms. The Morgan fingerprint density at radius 3 is 2.82 bits per heavy atom. The highest BCUT2D eigenvalue weighted by molar-refractivity contribution is 6.34. The largest absolute Gasteiger partial charge is 0.198 e. The number of allylic oxidation sites excluding steroid dienone is 4. The van der Waals surface area contributed by atoms with Crippen LogP contribution in [0, 0.1) is 11.3 Å². The minimum atomic E-state index is -0.703. The van der Waals surface area contributed by atoms with Crippen molar-refractivity contribution >= 4 is 23.2 Å². The summed E-state index contributed by atoms with van der Waals surface area (Å²) in [6.45, 7) is 0. The highest BCUT2D eigenvalue weighted by Gasteiger charge is 2.32. The molecule has 0 N–H and O–H groups in total. The quantitative estimate of drug-likeness (QED) is 0.580. The van der Waals surface area contributed by atoms with Crippen molar-refractivity contribution in [3.63, 3.8) is 0 Å². The lowest BCUT2D eigenvalue weighted by Crippen LogP contribution is -2.30. The van der Waals surface area contributed by atoms with Crippen LogP contribution in [0.25, 0.3) is 0 Å². The molecule has 0 aromatic rings. The molecule has 0 aromatic heterocycles. The van der Waals surface area contributed by atoms with Gasteiger partial charge in [0, 0.05) is 0 Å². The fourth-order valence-corrected chi connectivity index (χ4v) is 1.35. The van der Waals surface area contributed by atoms with E-state index in [1.807, 2.05) is 18.2 Å². The third kappa shape index (κ3) is 1.77. The van der Waals surface area contributed by atoms with Gasteiger partial charge in [0.2, 0.25) is 0 Å². The van der Waals surface area contributed by atoms with Crippen LogP contribution in [0.15, 0.2) is 24.3 Å². The zero-order valence-corrected chi connectivity index (χ0v) is 7.31. The second-order valence-corrected chi connectivity index (χ2v) is 3.58. The molecular formula is C8H7Cl2N. The molecule has 0 saturated heterocycles. The predicted molar refractivity (Wildman–Crippen MR) is 46.7 cm³/mol. The van der Waals surface area contributed by atoms with E-state index in [1.54, 1.807) is 12.2 Å². The third-order valence-corrected chi connectivity index (χ3v) is 2.71. The van der Waals surface area contributed by atoms with Crippen LogP contribution in [0.4, 0.5) is 0 Å². The molecule has 3 heteroatoms. The Bertz CT molecular complexity index is 239. The van der Waals surface area contributed by atoms with Gasteiger partial charge in [0.15, 0.2) is 0 Å². The molecule has 0 radical (unpaired) electrons. The van der Waals surface area contributed by atoms with Crippen molar-refractivity contribution in [2.45, 2.75) is 16.7 Å². The van der Waals surface area contributed by atoms with Gasteiger partial charge in [-0.3, -0.25) is 0 Å². The summed E-state index contributed by atoms with van der Waals surface area (Å²) in [7, 11) is 0. The molecule has 0 saturated carbocycles. The van der Waals surface area contributed by atoms with Gasteiger partial charge in [-0.2, -0.15) is 5.26 Å². The van der Waals surface area contributed by atoms with Crippen LogP contribution in [-0.2, 0) is 0 Å². The van der Waals surface area contributed by atoms with Crippen LogP contribution in [0.2, 0.25) is 0 Å². The van der Waals surface area contributed by atoms with Crippen LogP contribution < -0.4 is 0 Å². The van der Waals surface area contributed by atoms with Crippen LogP contribution in [-0.4, -0.2) is 10.3 Å². The topological polar surface area (TPSA) is 23.8 Å². The van der Waals surface area contributed by atoms with E-state index in [-0.39, 0.29) is 11.8 Å². The minimum absolute atomic E-state index is 0.240. The number of nitrogens with zero attached hydrogens (tertiary/aromatic N) is 1. The van der Waals surface area contributed by atoms with Crippen molar-refractivity contribution in [1.82, 2.24) is 0 Å². The van der Waals surface area contributed by atoms with Crippen molar-refractivity contribution < 1.29 is 0 Å². The summed E-state index contributed by atoms with van der Waals surface area (Å²) in [5.41, 5.74) is 0. The predicted octanol–water partition coefficient (Wildman–Crippen LogP) is 2.61. The van der Waals surface area contributed by atoms with Crippen LogP contribution >= 0.6 is 23.2 Å². The van der Waals surface area contributed by atoms with Gasteiger partial charge >= 0.3 is 0 Å². The van der Waals surface area contributed by atoms with Crippen LogP contribution in [0.1, 0.15) is 6.42 Å². The molecular weight excluding hydrogens is 181 g/mol. The Balaban J connectivity index is 2.78. The van der Waals surface area contributed by atoms with Crippen molar-refractivity contribution in [2.75, 3.05) is 0 Å². The molecule has 11 heavy (non-hydrogen) atoms. The fourth-order valence-electron chi connectivity index (χ4n) is 0.907. The molecule has 1 rings (SSSR count). The van der Waals surface area contributed by atoms with E-state index in [2.05, 4.69) is 0 Å². The summed E-state index contributed by atoms with van der Waals surface area (Å²) in [5, 5.41) is 8.17. The van der Waals surface area contributed by atoms with E-state index in [0.717, 1.165) is 0 Å². The monoisotopic (exact) mass is 187 g/mol. The van der Waals surface area contributed by atoms with Gasteiger partial charge in [-0.25, -0.2) is 0 Å². The van der Waals surface area contributed by atoms with Gasteiger partial charge in [0.1, 0.15) is 0 Å². The summed E-state index contributed by atoms with van der Waals surface area (Å²) in [4.78, 5) is -0.703. The van der Waals surface area contributed by atoms with Crippen molar-refractivity contribution in [1.29, 1.82) is 5.26 Å². The van der Waals surface area contributed by atoms with E-state index >= 15 is 0 Å². The first-order valence-electron chi connectivity index (χ1n) is 3.25. The number of hydrogen-bond acceptors (Lipinski definition) is 1. The first-order chi connectivity index (χ1) is 5.19. The summed E-state index contributed by atoms with van der Waals surface area (Å²) < 4.78 is 0. The fraction of sp³-hybridized carbons (Fsp3) is 0.375. The van der Waals surface area contributed by atoms with Gasteiger partial charge in [-0.05, 0) is 0 Å². The number of halogens is 2. The van der Waals surface area contributed by atoms with Crippen molar-refractivity contribution in [3.8, 4) is 6.07 Å². The smallest absolute Gasteiger partial charge is 0.0956 e. The van der Waals surface area contributed by atoms with E-state index < -0.39 is 4.87 Å². The van der Waals surface area contributed by atoms with Gasteiger partial charge < -0.3 is 0 Å². The lowest BCUT2D eigenvalue weighted by atomic mass is 9.96. The van der Waals surface area contributed by atoms with Crippen LogP contribution in [0.5, 0.6) is 0 Å². The maximum Gasteiger partial charge on any atom is 0.0956 e. The minimum Gasteiger partial charge on any atom is -0.198 e. The normalized spacial score (nSPS) is 35.2. The molecule has 1 aliphatic carbocycles. The molecule has 0 spiro atoms. The number of hydrogen-bond donors (Lipinski definition) is 0. The summed E-state index contributed by atoms with van der Waals surface area (Å²) >= 11 is 11.9. The van der Waals surface area contributed by atoms with E-state index in [4.69, 9.17) is 28.5 Å². The second kappa shape index (κ2) is 3.30. The molecule has 58 valence electrons. The van der Waals surface area contributed by atoms with Crippen molar-refractivity contribution in [2.24, 2.45) is 0 Å². The second-order valence-electron chi connectivity index (χ2n) is 2.41. The van der Waals surface area contributed by atoms with E-state index in [9.17, 15) is 0 Å². The molecule has 0 amide bonds. The highest BCUT2D eigenvalue weighted by atomic mass is 35.5. The van der Waals surface area contributed by atoms with Crippen LogP contribution in [0.3, 0.4) is 0 Å². The Labute approximate surface area is 75.9 Å². The number of rotatable bonds is 1. The average molecular weight is 188 g/mol. The first kappa shape index (κ1) is 8.64. The molecule has 0 aromatic carbocycles. The van der Waals surface area contributed by atoms with Gasteiger partial charge in [-0.15, -0.1) is 23.2 Å². The lowest BCUT2D eigenvalue weighted by Gasteiger charge is -2.25. The number of alkyl halides is 2. The first-order valence-corrected chi connectivity index (χ1v) is 4.06. The molecule has 0 fully saturated rings. The third-order valence-electron chi connectivity index (χ3n) is 1.57. The summed E-state index contributed by atoms with van der Waals surface area (Å²) in [5.74, 6) is 0. The molecule has 0 heterocycles. The van der Waals surface area contributed by atoms with E-state index in [0.29, 0.717) is 0 Å². The Morgan fingerprint density at radius 1 is 1.55 bits per heavy atom. The Hall–Kier alpha value is -0.450. The lowest BCUT2D eigenvalue weighted by molar-refractivity contribution is 0.728. The maximum absolute atomic E-state index is 8.45. The molecule has 1 nitrogen and oxygen atoms in total. The van der Waals surface area contributed by atoms with Gasteiger partial charge in [0.05, 0.1) is 22.7 Å². The number of nitriles is 1. The highest BCUT2D eigenvalue weighted by Crippen LogP contribution is 2.32. The van der Waals surface area contributed by atoms with Crippen molar-refractivity contribution in [3.05, 3.63) is 24.3 Å². The Kier molecular flexibility index (Phi) is 2.59. The standard InChI is InChI=1S/C8H7Cl2N/c9-7-3-1-2-4-8(7,10)5-6-11/h1-4,7H,5H2. The SMILES string of the molecule is N#CCC1(Cl)C=CC=CC1Cl. The molecule has 2 atom stereocenters.